The molecule has 19 heavy (non-hydrogen) atoms. The van der Waals surface area contributed by atoms with E-state index in [-0.39, 0.29) is 11.7 Å². The summed E-state index contributed by atoms with van der Waals surface area (Å²) in [6.45, 7) is 3.88. The van der Waals surface area contributed by atoms with Crippen molar-refractivity contribution in [2.75, 3.05) is 5.32 Å². The molecule has 1 atom stereocenters. The molecule has 2 aromatic rings. The van der Waals surface area contributed by atoms with E-state index >= 15 is 0 Å². The van der Waals surface area contributed by atoms with Crippen LogP contribution in [0.3, 0.4) is 0 Å². The monoisotopic (exact) mass is 372 g/mol. The van der Waals surface area contributed by atoms with Crippen molar-refractivity contribution >= 4 is 34.0 Å². The number of nitro groups is 1. The molecule has 0 aliphatic rings. The molecule has 1 unspecified atom stereocenters. The Morgan fingerprint density at radius 2 is 2.11 bits per heavy atom. The SMILES string of the molecule is Cc1ccc(C(C)Nc2ccc([N+](=O)[O-])cc2I)o1. The van der Waals surface area contributed by atoms with Gasteiger partial charge >= 0.3 is 0 Å². The van der Waals surface area contributed by atoms with Gasteiger partial charge in [-0.1, -0.05) is 0 Å². The molecule has 0 radical (unpaired) electrons. The van der Waals surface area contributed by atoms with Crippen molar-refractivity contribution in [2.45, 2.75) is 19.9 Å². The van der Waals surface area contributed by atoms with Crippen LogP contribution in [0.4, 0.5) is 11.4 Å². The first-order valence-electron chi connectivity index (χ1n) is 5.74. The second kappa shape index (κ2) is 5.60. The number of benzene rings is 1. The number of hydrogen-bond acceptors (Lipinski definition) is 4. The van der Waals surface area contributed by atoms with Gasteiger partial charge in [0.1, 0.15) is 11.5 Å². The molecule has 100 valence electrons. The minimum absolute atomic E-state index is 0.00340. The zero-order valence-corrected chi connectivity index (χ0v) is 12.7. The van der Waals surface area contributed by atoms with Crippen LogP contribution < -0.4 is 5.32 Å². The highest BCUT2D eigenvalue weighted by molar-refractivity contribution is 14.1. The molecule has 0 fully saturated rings. The summed E-state index contributed by atoms with van der Waals surface area (Å²) in [6.07, 6.45) is 0. The normalized spacial score (nSPS) is 12.2. The number of rotatable bonds is 4. The standard InChI is InChI=1S/C13H13IN2O3/c1-8-3-6-13(19-8)9(2)15-12-5-4-10(16(17)18)7-11(12)14/h3-7,9,15H,1-2H3. The maximum atomic E-state index is 10.7. The number of non-ortho nitro benzene ring substituents is 1. The van der Waals surface area contributed by atoms with E-state index in [0.717, 1.165) is 20.8 Å². The van der Waals surface area contributed by atoms with Gasteiger partial charge in [-0.3, -0.25) is 10.1 Å². The predicted molar refractivity (Wildman–Crippen MR) is 81.3 cm³/mol. The number of hydrogen-bond donors (Lipinski definition) is 1. The third kappa shape index (κ3) is 3.25. The lowest BCUT2D eigenvalue weighted by Gasteiger charge is -2.14. The number of aryl methyl sites for hydroxylation is 1. The van der Waals surface area contributed by atoms with Gasteiger partial charge < -0.3 is 9.73 Å². The van der Waals surface area contributed by atoms with Crippen molar-refractivity contribution in [1.29, 1.82) is 0 Å². The van der Waals surface area contributed by atoms with Crippen molar-refractivity contribution in [2.24, 2.45) is 0 Å². The van der Waals surface area contributed by atoms with Crippen LogP contribution in [0.1, 0.15) is 24.5 Å². The first kappa shape index (κ1) is 13.9. The molecule has 1 aromatic heterocycles. The lowest BCUT2D eigenvalue weighted by Crippen LogP contribution is -2.07. The Morgan fingerprint density at radius 1 is 1.37 bits per heavy atom. The van der Waals surface area contributed by atoms with Gasteiger partial charge in [-0.2, -0.15) is 0 Å². The Bertz CT molecular complexity index is 610. The number of nitrogens with one attached hydrogen (secondary N) is 1. The van der Waals surface area contributed by atoms with Crippen LogP contribution in [0.15, 0.2) is 34.7 Å². The van der Waals surface area contributed by atoms with Crippen LogP contribution in [-0.2, 0) is 0 Å². The molecule has 2 rings (SSSR count). The summed E-state index contributed by atoms with van der Waals surface area (Å²) in [5, 5.41) is 14.0. The molecule has 5 nitrogen and oxygen atoms in total. The maximum Gasteiger partial charge on any atom is 0.270 e. The Hall–Kier alpha value is -1.57. The Labute approximate surface area is 124 Å². The molecule has 0 bridgehead atoms. The fourth-order valence-electron chi connectivity index (χ4n) is 1.73. The highest BCUT2D eigenvalue weighted by Gasteiger charge is 2.13. The van der Waals surface area contributed by atoms with E-state index in [1.807, 2.05) is 26.0 Å². The maximum absolute atomic E-state index is 10.7. The van der Waals surface area contributed by atoms with Crippen molar-refractivity contribution in [3.63, 3.8) is 0 Å². The third-order valence-electron chi connectivity index (χ3n) is 2.72. The van der Waals surface area contributed by atoms with E-state index in [0.29, 0.717) is 0 Å². The quantitative estimate of drug-likeness (QED) is 0.494. The first-order valence-corrected chi connectivity index (χ1v) is 6.82. The molecule has 0 saturated carbocycles. The zero-order valence-electron chi connectivity index (χ0n) is 10.5. The number of anilines is 1. The van der Waals surface area contributed by atoms with Gasteiger partial charge in [-0.15, -0.1) is 0 Å². The number of furan rings is 1. The molecule has 1 N–H and O–H groups in total. The lowest BCUT2D eigenvalue weighted by molar-refractivity contribution is -0.384. The number of halogens is 1. The number of nitrogens with zero attached hydrogens (tertiary/aromatic N) is 1. The minimum Gasteiger partial charge on any atom is -0.464 e. The Morgan fingerprint density at radius 3 is 2.63 bits per heavy atom. The largest absolute Gasteiger partial charge is 0.464 e. The minimum atomic E-state index is -0.398. The molecular formula is C13H13IN2O3. The van der Waals surface area contributed by atoms with E-state index in [1.165, 1.54) is 6.07 Å². The van der Waals surface area contributed by atoms with Crippen LogP contribution >= 0.6 is 22.6 Å². The highest BCUT2D eigenvalue weighted by atomic mass is 127. The average molecular weight is 372 g/mol. The van der Waals surface area contributed by atoms with E-state index in [1.54, 1.807) is 12.1 Å². The van der Waals surface area contributed by atoms with Crippen molar-refractivity contribution in [1.82, 2.24) is 0 Å². The van der Waals surface area contributed by atoms with Gasteiger partial charge in [0.05, 0.1) is 11.0 Å². The van der Waals surface area contributed by atoms with Crippen LogP contribution in [0.5, 0.6) is 0 Å². The molecule has 0 aliphatic heterocycles. The van der Waals surface area contributed by atoms with Gasteiger partial charge in [-0.25, -0.2) is 0 Å². The lowest BCUT2D eigenvalue weighted by atomic mass is 10.2. The fraction of sp³-hybridized carbons (Fsp3) is 0.231. The summed E-state index contributed by atoms with van der Waals surface area (Å²) in [4.78, 5) is 10.3. The van der Waals surface area contributed by atoms with Crippen molar-refractivity contribution in [3.8, 4) is 0 Å². The molecule has 0 amide bonds. The summed E-state index contributed by atoms with van der Waals surface area (Å²) in [6, 6.07) is 8.59. The molecule has 0 saturated heterocycles. The summed E-state index contributed by atoms with van der Waals surface area (Å²) in [7, 11) is 0. The third-order valence-corrected chi connectivity index (χ3v) is 3.62. The summed E-state index contributed by atoms with van der Waals surface area (Å²) in [5.74, 6) is 1.70. The van der Waals surface area contributed by atoms with Crippen LogP contribution in [0.25, 0.3) is 0 Å². The molecule has 0 spiro atoms. The smallest absolute Gasteiger partial charge is 0.270 e. The van der Waals surface area contributed by atoms with Gasteiger partial charge in [0.25, 0.3) is 5.69 Å². The average Bonchev–Trinajstić information content (AvgIpc) is 2.78. The topological polar surface area (TPSA) is 68.3 Å². The Balaban J connectivity index is 2.17. The highest BCUT2D eigenvalue weighted by Crippen LogP contribution is 2.27. The summed E-state index contributed by atoms with van der Waals surface area (Å²) < 4.78 is 6.35. The van der Waals surface area contributed by atoms with Crippen LogP contribution in [-0.4, -0.2) is 4.92 Å². The van der Waals surface area contributed by atoms with Crippen molar-refractivity contribution in [3.05, 3.63) is 55.5 Å². The van der Waals surface area contributed by atoms with E-state index in [4.69, 9.17) is 4.42 Å². The van der Waals surface area contributed by atoms with Gasteiger partial charge in [0.2, 0.25) is 0 Å². The summed E-state index contributed by atoms with van der Waals surface area (Å²) in [5.41, 5.74) is 0.948. The molecule has 1 heterocycles. The Kier molecular flexibility index (Phi) is 4.08. The number of nitro benzene ring substituents is 1. The molecule has 6 heteroatoms. The second-order valence-electron chi connectivity index (χ2n) is 4.24. The van der Waals surface area contributed by atoms with Gasteiger partial charge in [0, 0.05) is 21.4 Å². The van der Waals surface area contributed by atoms with Crippen LogP contribution in [0.2, 0.25) is 0 Å². The fourth-order valence-corrected chi connectivity index (χ4v) is 2.38. The second-order valence-corrected chi connectivity index (χ2v) is 5.40. The van der Waals surface area contributed by atoms with E-state index < -0.39 is 4.92 Å². The first-order chi connectivity index (χ1) is 8.97. The molecule has 1 aromatic carbocycles. The zero-order chi connectivity index (χ0) is 14.0. The van der Waals surface area contributed by atoms with Crippen LogP contribution in [0, 0.1) is 20.6 Å². The van der Waals surface area contributed by atoms with Crippen molar-refractivity contribution < 1.29 is 9.34 Å². The summed E-state index contributed by atoms with van der Waals surface area (Å²) >= 11 is 2.08. The molecular weight excluding hydrogens is 359 g/mol. The van der Waals surface area contributed by atoms with Gasteiger partial charge in [-0.05, 0) is 54.6 Å². The predicted octanol–water partition coefficient (Wildman–Crippen LogP) is 4.27. The van der Waals surface area contributed by atoms with E-state index in [2.05, 4.69) is 27.9 Å². The molecule has 0 aliphatic carbocycles. The van der Waals surface area contributed by atoms with Gasteiger partial charge in [0.15, 0.2) is 0 Å². The van der Waals surface area contributed by atoms with E-state index in [9.17, 15) is 10.1 Å².